The van der Waals surface area contributed by atoms with Crippen molar-refractivity contribution in [1.82, 2.24) is 20.9 Å². The molecule has 0 aliphatic carbocycles. The highest BCUT2D eigenvalue weighted by Gasteiger charge is 2.29. The van der Waals surface area contributed by atoms with Gasteiger partial charge in [-0.2, -0.15) is 0 Å². The van der Waals surface area contributed by atoms with Crippen LogP contribution in [0.2, 0.25) is 0 Å². The largest absolute Gasteiger partial charge is 0.508 e. The van der Waals surface area contributed by atoms with Crippen LogP contribution in [0, 0.1) is 0 Å². The SMILES string of the molecule is CC(NC(=O)C(N)Cc1c[nH]c2ccccc12)C(=O)NC(Cc1ccc(O)cc1)C(=O)NC(CCC(=O)O)C(=O)O. The molecule has 9 N–H and O–H groups in total. The Labute approximate surface area is 235 Å². The third-order valence-corrected chi connectivity index (χ3v) is 6.47. The first-order chi connectivity index (χ1) is 19.4. The first-order valence-corrected chi connectivity index (χ1v) is 12.9. The minimum atomic E-state index is -1.50. The van der Waals surface area contributed by atoms with Gasteiger partial charge in [0.05, 0.1) is 6.04 Å². The second-order valence-corrected chi connectivity index (χ2v) is 9.66. The van der Waals surface area contributed by atoms with Gasteiger partial charge in [-0.05, 0) is 49.1 Å². The molecule has 2 aromatic carbocycles. The topological polar surface area (TPSA) is 224 Å². The zero-order valence-corrected chi connectivity index (χ0v) is 22.3. The highest BCUT2D eigenvalue weighted by atomic mass is 16.4. The number of aromatic nitrogens is 1. The van der Waals surface area contributed by atoms with Crippen molar-refractivity contribution >= 4 is 40.6 Å². The maximum atomic E-state index is 13.1. The van der Waals surface area contributed by atoms with E-state index in [1.54, 1.807) is 6.20 Å². The Morgan fingerprint density at radius 3 is 2.17 bits per heavy atom. The molecule has 0 aliphatic heterocycles. The van der Waals surface area contributed by atoms with E-state index in [0.29, 0.717) is 5.56 Å². The van der Waals surface area contributed by atoms with E-state index >= 15 is 0 Å². The zero-order valence-electron chi connectivity index (χ0n) is 22.3. The van der Waals surface area contributed by atoms with E-state index in [-0.39, 0.29) is 25.0 Å². The predicted molar refractivity (Wildman–Crippen MR) is 148 cm³/mol. The molecule has 0 spiro atoms. The van der Waals surface area contributed by atoms with Gasteiger partial charge in [0, 0.05) is 29.9 Å². The van der Waals surface area contributed by atoms with Crippen molar-refractivity contribution in [1.29, 1.82) is 0 Å². The Balaban J connectivity index is 1.67. The van der Waals surface area contributed by atoms with E-state index in [1.165, 1.54) is 31.2 Å². The number of carboxylic acid groups (broad SMARTS) is 2. The number of aliphatic carboxylic acids is 2. The highest BCUT2D eigenvalue weighted by Crippen LogP contribution is 2.19. The van der Waals surface area contributed by atoms with E-state index < -0.39 is 60.2 Å². The summed E-state index contributed by atoms with van der Waals surface area (Å²) in [6.45, 7) is 1.41. The summed E-state index contributed by atoms with van der Waals surface area (Å²) in [5, 5.41) is 36.1. The van der Waals surface area contributed by atoms with Crippen molar-refractivity contribution in [3.05, 3.63) is 65.9 Å². The number of rotatable bonds is 14. The lowest BCUT2D eigenvalue weighted by Crippen LogP contribution is -2.57. The summed E-state index contributed by atoms with van der Waals surface area (Å²) in [7, 11) is 0. The molecule has 0 fully saturated rings. The van der Waals surface area contributed by atoms with Gasteiger partial charge >= 0.3 is 11.9 Å². The van der Waals surface area contributed by atoms with Gasteiger partial charge in [0.15, 0.2) is 0 Å². The zero-order chi connectivity index (χ0) is 30.1. The monoisotopic (exact) mass is 567 g/mol. The molecular formula is C28H33N5O8. The molecule has 3 amide bonds. The average molecular weight is 568 g/mol. The number of carbonyl (C=O) groups excluding carboxylic acids is 3. The van der Waals surface area contributed by atoms with Gasteiger partial charge in [-0.15, -0.1) is 0 Å². The molecule has 3 rings (SSSR count). The predicted octanol–water partition coefficient (Wildman–Crippen LogP) is 0.410. The van der Waals surface area contributed by atoms with Crippen molar-refractivity contribution in [2.24, 2.45) is 5.73 Å². The van der Waals surface area contributed by atoms with Crippen LogP contribution in [0.5, 0.6) is 5.75 Å². The lowest BCUT2D eigenvalue weighted by atomic mass is 10.0. The number of aromatic hydroxyl groups is 1. The Hall–Kier alpha value is -4.91. The van der Waals surface area contributed by atoms with E-state index in [2.05, 4.69) is 20.9 Å². The van der Waals surface area contributed by atoms with E-state index in [9.17, 15) is 34.2 Å². The van der Waals surface area contributed by atoms with Gasteiger partial charge in [0.1, 0.15) is 23.9 Å². The molecule has 0 saturated heterocycles. The standard InChI is InChI=1S/C28H33N5O8/c1-15(31-26(38)20(29)13-17-14-30-21-5-3-2-4-19(17)21)25(37)33-23(12-16-6-8-18(34)9-7-16)27(39)32-22(28(40)41)10-11-24(35)36/h2-9,14-15,20,22-23,30,34H,10-13,29H2,1H3,(H,31,38)(H,32,39)(H,33,37)(H,35,36)(H,40,41). The van der Waals surface area contributed by atoms with Gasteiger partial charge in [0.25, 0.3) is 0 Å². The minimum Gasteiger partial charge on any atom is -0.508 e. The molecule has 4 unspecified atom stereocenters. The molecular weight excluding hydrogens is 534 g/mol. The molecule has 0 aliphatic rings. The molecule has 41 heavy (non-hydrogen) atoms. The summed E-state index contributed by atoms with van der Waals surface area (Å²) >= 11 is 0. The smallest absolute Gasteiger partial charge is 0.326 e. The molecule has 4 atom stereocenters. The number of para-hydroxylation sites is 1. The fourth-order valence-electron chi connectivity index (χ4n) is 4.19. The van der Waals surface area contributed by atoms with Gasteiger partial charge in [0.2, 0.25) is 17.7 Å². The van der Waals surface area contributed by atoms with Crippen molar-refractivity contribution in [3.8, 4) is 5.75 Å². The number of carbonyl (C=O) groups is 5. The minimum absolute atomic E-state index is 0.0151. The summed E-state index contributed by atoms with van der Waals surface area (Å²) < 4.78 is 0. The van der Waals surface area contributed by atoms with Crippen molar-refractivity contribution in [3.63, 3.8) is 0 Å². The summed E-state index contributed by atoms with van der Waals surface area (Å²) in [6, 6.07) is 8.51. The lowest BCUT2D eigenvalue weighted by Gasteiger charge is -2.24. The molecule has 1 aromatic heterocycles. The first-order valence-electron chi connectivity index (χ1n) is 12.9. The number of fused-ring (bicyclic) bond motifs is 1. The number of phenolic OH excluding ortho intramolecular Hbond substituents is 1. The maximum Gasteiger partial charge on any atom is 0.326 e. The fraction of sp³-hybridized carbons (Fsp3) is 0.321. The van der Waals surface area contributed by atoms with Crippen molar-refractivity contribution in [2.75, 3.05) is 0 Å². The number of hydrogen-bond acceptors (Lipinski definition) is 7. The van der Waals surface area contributed by atoms with Crippen LogP contribution in [0.3, 0.4) is 0 Å². The number of phenols is 1. The van der Waals surface area contributed by atoms with E-state index in [0.717, 1.165) is 16.5 Å². The quantitative estimate of drug-likeness (QED) is 0.135. The first kappa shape index (κ1) is 30.6. The summed E-state index contributed by atoms with van der Waals surface area (Å²) in [5.41, 5.74) is 8.38. The highest BCUT2D eigenvalue weighted by molar-refractivity contribution is 5.94. The third kappa shape index (κ3) is 8.80. The van der Waals surface area contributed by atoms with Gasteiger partial charge < -0.3 is 42.0 Å². The van der Waals surface area contributed by atoms with Crippen LogP contribution in [-0.4, -0.2) is 74.1 Å². The Morgan fingerprint density at radius 2 is 1.51 bits per heavy atom. The molecule has 13 heteroatoms. The Bertz CT molecular complexity index is 1400. The number of aromatic amines is 1. The van der Waals surface area contributed by atoms with Crippen molar-refractivity contribution < 1.29 is 39.3 Å². The number of carboxylic acids is 2. The second-order valence-electron chi connectivity index (χ2n) is 9.66. The van der Waals surface area contributed by atoms with Crippen LogP contribution in [0.4, 0.5) is 0 Å². The summed E-state index contributed by atoms with van der Waals surface area (Å²) in [6.07, 6.45) is 1.04. The van der Waals surface area contributed by atoms with Crippen LogP contribution >= 0.6 is 0 Å². The summed E-state index contributed by atoms with van der Waals surface area (Å²) in [4.78, 5) is 64.4. The van der Waals surface area contributed by atoms with Gasteiger partial charge in [-0.25, -0.2) is 4.79 Å². The van der Waals surface area contributed by atoms with Gasteiger partial charge in [-0.3, -0.25) is 19.2 Å². The third-order valence-electron chi connectivity index (χ3n) is 6.47. The molecule has 218 valence electrons. The number of hydrogen-bond donors (Lipinski definition) is 8. The van der Waals surface area contributed by atoms with Crippen LogP contribution in [0.15, 0.2) is 54.7 Å². The van der Waals surface area contributed by atoms with E-state index in [4.69, 9.17) is 10.8 Å². The molecule has 3 aromatic rings. The lowest BCUT2D eigenvalue weighted by molar-refractivity contribution is -0.143. The fourth-order valence-corrected chi connectivity index (χ4v) is 4.19. The van der Waals surface area contributed by atoms with E-state index in [1.807, 2.05) is 24.3 Å². The Morgan fingerprint density at radius 1 is 0.854 bits per heavy atom. The average Bonchev–Trinajstić information content (AvgIpc) is 3.33. The molecule has 13 nitrogen and oxygen atoms in total. The van der Waals surface area contributed by atoms with Crippen LogP contribution < -0.4 is 21.7 Å². The number of H-pyrrole nitrogens is 1. The van der Waals surface area contributed by atoms with Crippen LogP contribution in [-0.2, 0) is 36.8 Å². The number of nitrogens with two attached hydrogens (primary N) is 1. The number of nitrogens with one attached hydrogen (secondary N) is 4. The second kappa shape index (κ2) is 13.9. The molecule has 1 heterocycles. The number of benzene rings is 2. The normalized spacial score (nSPS) is 13.9. The number of amides is 3. The van der Waals surface area contributed by atoms with Crippen LogP contribution in [0.25, 0.3) is 10.9 Å². The van der Waals surface area contributed by atoms with Gasteiger partial charge in [-0.1, -0.05) is 30.3 Å². The van der Waals surface area contributed by atoms with Crippen molar-refractivity contribution in [2.45, 2.75) is 56.8 Å². The maximum absolute atomic E-state index is 13.1. The summed E-state index contributed by atoms with van der Waals surface area (Å²) in [5.74, 6) is -4.85. The molecule has 0 radical (unpaired) electrons. The molecule has 0 bridgehead atoms. The Kier molecular flexibility index (Phi) is 10.4. The van der Waals surface area contributed by atoms with Crippen LogP contribution in [0.1, 0.15) is 30.9 Å². The molecule has 0 saturated carbocycles.